The van der Waals surface area contributed by atoms with Gasteiger partial charge in [-0.05, 0) is 26.2 Å². The average molecular weight is 430 g/mol. The third-order valence-corrected chi connectivity index (χ3v) is 3.79. The van der Waals surface area contributed by atoms with Gasteiger partial charge in [0.05, 0.1) is 12.6 Å². The normalized spacial score (nSPS) is 13.3. The number of hydrogen-bond donors (Lipinski definition) is 8. The van der Waals surface area contributed by atoms with Crippen LogP contribution in [-0.4, -0.2) is 71.9 Å². The first-order chi connectivity index (χ1) is 13.9. The zero-order valence-electron chi connectivity index (χ0n) is 16.7. The first-order valence-corrected chi connectivity index (χ1v) is 9.13. The molecular formula is C16H30N8O6. The summed E-state index contributed by atoms with van der Waals surface area (Å²) in [6.45, 7) is 1.10. The summed E-state index contributed by atoms with van der Waals surface area (Å²) < 4.78 is 0. The van der Waals surface area contributed by atoms with Crippen molar-refractivity contribution in [3.63, 3.8) is 0 Å². The molecule has 3 atom stereocenters. The molecule has 14 nitrogen and oxygen atoms in total. The van der Waals surface area contributed by atoms with Gasteiger partial charge in [0.15, 0.2) is 5.96 Å². The highest BCUT2D eigenvalue weighted by Crippen LogP contribution is 2.00. The van der Waals surface area contributed by atoms with Crippen LogP contribution < -0.4 is 38.9 Å². The fourth-order valence-electron chi connectivity index (χ4n) is 2.14. The monoisotopic (exact) mass is 430 g/mol. The summed E-state index contributed by atoms with van der Waals surface area (Å²) in [6.07, 6.45) is 0.353. The number of guanidine groups is 1. The number of carboxylic acid groups (broad SMARTS) is 1. The van der Waals surface area contributed by atoms with Crippen molar-refractivity contribution >= 4 is 35.6 Å². The van der Waals surface area contributed by atoms with Crippen LogP contribution in [0.25, 0.3) is 0 Å². The lowest BCUT2D eigenvalue weighted by molar-refractivity contribution is -0.142. The van der Waals surface area contributed by atoms with Crippen LogP contribution in [0.3, 0.4) is 0 Å². The van der Waals surface area contributed by atoms with E-state index < -0.39 is 54.3 Å². The van der Waals surface area contributed by atoms with Crippen LogP contribution in [0.5, 0.6) is 0 Å². The molecule has 12 N–H and O–H groups in total. The minimum atomic E-state index is -1.25. The van der Waals surface area contributed by atoms with Crippen LogP contribution in [0.1, 0.15) is 32.6 Å². The van der Waals surface area contributed by atoms with Crippen molar-refractivity contribution < 1.29 is 29.1 Å². The van der Waals surface area contributed by atoms with E-state index in [4.69, 9.17) is 22.9 Å². The molecule has 0 radical (unpaired) electrons. The van der Waals surface area contributed by atoms with E-state index in [9.17, 15) is 29.1 Å². The Hall–Kier alpha value is -3.42. The second kappa shape index (κ2) is 13.7. The lowest BCUT2D eigenvalue weighted by Crippen LogP contribution is -2.52. The molecule has 0 aromatic rings. The second-order valence-corrected chi connectivity index (χ2v) is 6.47. The summed E-state index contributed by atoms with van der Waals surface area (Å²) in [5.41, 5.74) is 20.9. The number of rotatable bonds is 14. The molecule has 0 aromatic heterocycles. The molecule has 14 heteroatoms. The first-order valence-electron chi connectivity index (χ1n) is 9.13. The smallest absolute Gasteiger partial charge is 0.326 e. The molecule has 4 amide bonds. The van der Waals surface area contributed by atoms with Gasteiger partial charge in [0.25, 0.3) is 0 Å². The van der Waals surface area contributed by atoms with Crippen molar-refractivity contribution in [2.24, 2.45) is 27.9 Å². The molecule has 0 saturated heterocycles. The Morgan fingerprint density at radius 2 is 1.63 bits per heavy atom. The maximum absolute atomic E-state index is 12.1. The molecule has 0 spiro atoms. The Kier molecular flexibility index (Phi) is 12.1. The van der Waals surface area contributed by atoms with E-state index in [-0.39, 0.29) is 31.8 Å². The SMILES string of the molecule is C[C@H](NC(=O)CNC(=O)[C@@H](N)CCC(N)=O)C(=O)N[C@@H](CCCN=C(N)N)C(=O)O. The molecule has 0 aliphatic carbocycles. The number of hydrogen-bond acceptors (Lipinski definition) is 7. The van der Waals surface area contributed by atoms with E-state index in [0.29, 0.717) is 6.42 Å². The molecule has 0 bridgehead atoms. The number of carbonyl (C=O) groups excluding carboxylic acids is 4. The molecule has 0 rings (SSSR count). The fourth-order valence-corrected chi connectivity index (χ4v) is 2.14. The average Bonchev–Trinajstić information content (AvgIpc) is 2.65. The minimum Gasteiger partial charge on any atom is -0.480 e. The van der Waals surface area contributed by atoms with Gasteiger partial charge >= 0.3 is 5.97 Å². The molecule has 30 heavy (non-hydrogen) atoms. The number of nitrogens with two attached hydrogens (primary N) is 4. The molecule has 0 fully saturated rings. The summed E-state index contributed by atoms with van der Waals surface area (Å²) in [5, 5.41) is 16.1. The summed E-state index contributed by atoms with van der Waals surface area (Å²) in [4.78, 5) is 61.4. The van der Waals surface area contributed by atoms with Gasteiger partial charge in [-0.15, -0.1) is 0 Å². The maximum atomic E-state index is 12.1. The number of amides is 4. The van der Waals surface area contributed by atoms with E-state index in [1.807, 2.05) is 0 Å². The van der Waals surface area contributed by atoms with Crippen molar-refractivity contribution in [3.8, 4) is 0 Å². The van der Waals surface area contributed by atoms with Crippen molar-refractivity contribution in [2.45, 2.75) is 50.7 Å². The van der Waals surface area contributed by atoms with Gasteiger partial charge in [-0.2, -0.15) is 0 Å². The molecule has 0 heterocycles. The van der Waals surface area contributed by atoms with Gasteiger partial charge in [-0.3, -0.25) is 24.2 Å². The van der Waals surface area contributed by atoms with Crippen LogP contribution in [0.2, 0.25) is 0 Å². The Morgan fingerprint density at radius 3 is 2.17 bits per heavy atom. The fraction of sp³-hybridized carbons (Fsp3) is 0.625. The lowest BCUT2D eigenvalue weighted by atomic mass is 10.1. The van der Waals surface area contributed by atoms with E-state index in [0.717, 1.165) is 0 Å². The zero-order chi connectivity index (χ0) is 23.3. The highest BCUT2D eigenvalue weighted by molar-refractivity contribution is 5.92. The van der Waals surface area contributed by atoms with Crippen LogP contribution in [0.4, 0.5) is 0 Å². The van der Waals surface area contributed by atoms with Gasteiger partial charge in [0, 0.05) is 13.0 Å². The number of nitrogens with one attached hydrogen (secondary N) is 3. The third kappa shape index (κ3) is 12.1. The van der Waals surface area contributed by atoms with Crippen molar-refractivity contribution in [1.82, 2.24) is 16.0 Å². The van der Waals surface area contributed by atoms with E-state index >= 15 is 0 Å². The summed E-state index contributed by atoms with van der Waals surface area (Å²) >= 11 is 0. The van der Waals surface area contributed by atoms with Crippen LogP contribution >= 0.6 is 0 Å². The highest BCUT2D eigenvalue weighted by Gasteiger charge is 2.24. The van der Waals surface area contributed by atoms with E-state index in [2.05, 4.69) is 20.9 Å². The van der Waals surface area contributed by atoms with Gasteiger partial charge in [-0.25, -0.2) is 4.79 Å². The molecule has 0 aliphatic heterocycles. The minimum absolute atomic E-state index is 0.0291. The number of aliphatic carboxylic acids is 1. The van der Waals surface area contributed by atoms with Gasteiger partial charge in [-0.1, -0.05) is 0 Å². The number of carboxylic acids is 1. The van der Waals surface area contributed by atoms with Crippen molar-refractivity contribution in [2.75, 3.05) is 13.1 Å². The highest BCUT2D eigenvalue weighted by atomic mass is 16.4. The first kappa shape index (κ1) is 26.6. The van der Waals surface area contributed by atoms with E-state index in [1.54, 1.807) is 0 Å². The van der Waals surface area contributed by atoms with Gasteiger partial charge < -0.3 is 44.0 Å². The van der Waals surface area contributed by atoms with Crippen molar-refractivity contribution in [3.05, 3.63) is 0 Å². The number of aliphatic imine (C=N–C) groups is 1. The van der Waals surface area contributed by atoms with Gasteiger partial charge in [0.1, 0.15) is 12.1 Å². The maximum Gasteiger partial charge on any atom is 0.326 e. The summed E-state index contributed by atoms with van der Waals surface area (Å²) in [7, 11) is 0. The Balaban J connectivity index is 4.43. The van der Waals surface area contributed by atoms with Crippen molar-refractivity contribution in [1.29, 1.82) is 0 Å². The molecular weight excluding hydrogens is 400 g/mol. The second-order valence-electron chi connectivity index (χ2n) is 6.47. The lowest BCUT2D eigenvalue weighted by Gasteiger charge is -2.19. The molecule has 0 saturated carbocycles. The molecule has 0 aliphatic rings. The predicted octanol–water partition coefficient (Wildman–Crippen LogP) is -4.18. The molecule has 170 valence electrons. The predicted molar refractivity (Wildman–Crippen MR) is 106 cm³/mol. The Bertz CT molecular complexity index is 664. The Labute approximate surface area is 173 Å². The summed E-state index contributed by atoms with van der Waals surface area (Å²) in [5.74, 6) is -4.04. The number of nitrogens with zero attached hydrogens (tertiary/aromatic N) is 1. The van der Waals surface area contributed by atoms with Crippen LogP contribution in [0, 0.1) is 0 Å². The molecule has 0 unspecified atom stereocenters. The standard InChI is InChI=1S/C16H30N8O6/c1-8(13(27)24-10(15(29)30)3-2-6-21-16(19)20)23-12(26)7-22-14(28)9(17)4-5-11(18)25/h8-10H,2-7,17H2,1H3,(H2,18,25)(H,22,28)(H,23,26)(H,24,27)(H,29,30)(H4,19,20,21)/t8-,9-,10-/m0/s1. The zero-order valence-corrected chi connectivity index (χ0v) is 16.7. The van der Waals surface area contributed by atoms with Crippen LogP contribution in [-0.2, 0) is 24.0 Å². The topological polar surface area (TPSA) is 258 Å². The summed E-state index contributed by atoms with van der Waals surface area (Å²) in [6, 6.07) is -3.26. The molecule has 0 aromatic carbocycles. The quantitative estimate of drug-likeness (QED) is 0.0753. The Morgan fingerprint density at radius 1 is 1.00 bits per heavy atom. The number of primary amides is 1. The third-order valence-electron chi connectivity index (χ3n) is 3.79. The van der Waals surface area contributed by atoms with Crippen LogP contribution in [0.15, 0.2) is 4.99 Å². The number of carbonyl (C=O) groups is 5. The largest absolute Gasteiger partial charge is 0.480 e. The van der Waals surface area contributed by atoms with E-state index in [1.165, 1.54) is 6.92 Å². The van der Waals surface area contributed by atoms with Gasteiger partial charge in [0.2, 0.25) is 23.6 Å².